The van der Waals surface area contributed by atoms with Gasteiger partial charge in [0.15, 0.2) is 0 Å². The number of halogens is 1. The van der Waals surface area contributed by atoms with Crippen molar-refractivity contribution in [3.8, 4) is 11.5 Å². The molecule has 126 valence electrons. The Bertz CT molecular complexity index is 711. The lowest BCUT2D eigenvalue weighted by Crippen LogP contribution is -2.06. The first-order valence-electron chi connectivity index (χ1n) is 7.88. The average molecular weight is 391 g/mol. The predicted octanol–water partition coefficient (Wildman–Crippen LogP) is 4.60. The van der Waals surface area contributed by atoms with E-state index >= 15 is 0 Å². The Morgan fingerprint density at radius 3 is 2.42 bits per heavy atom. The minimum Gasteiger partial charge on any atom is -0.492 e. The van der Waals surface area contributed by atoms with E-state index in [1.807, 2.05) is 30.3 Å². The number of ether oxygens (including phenoxy) is 3. The summed E-state index contributed by atoms with van der Waals surface area (Å²) < 4.78 is 17.3. The summed E-state index contributed by atoms with van der Waals surface area (Å²) in [5.74, 6) is 1.37. The van der Waals surface area contributed by atoms with Crippen molar-refractivity contribution >= 4 is 21.9 Å². The summed E-state index contributed by atoms with van der Waals surface area (Å²) in [6, 6.07) is 13.2. The quantitative estimate of drug-likeness (QED) is 0.647. The van der Waals surface area contributed by atoms with Crippen molar-refractivity contribution in [3.05, 3.63) is 58.1 Å². The van der Waals surface area contributed by atoms with E-state index in [0.717, 1.165) is 5.56 Å². The maximum absolute atomic E-state index is 11.9. The van der Waals surface area contributed by atoms with Crippen molar-refractivity contribution in [2.45, 2.75) is 19.4 Å². The van der Waals surface area contributed by atoms with Crippen LogP contribution in [0, 0.1) is 5.92 Å². The second-order valence-corrected chi connectivity index (χ2v) is 6.60. The fourth-order valence-electron chi connectivity index (χ4n) is 2.25. The Hall–Kier alpha value is -2.01. The van der Waals surface area contributed by atoms with Gasteiger partial charge < -0.3 is 14.2 Å². The molecule has 1 fully saturated rings. The van der Waals surface area contributed by atoms with E-state index in [2.05, 4.69) is 15.9 Å². The molecule has 5 heteroatoms. The molecule has 1 aliphatic rings. The Morgan fingerprint density at radius 2 is 1.79 bits per heavy atom. The highest BCUT2D eigenvalue weighted by molar-refractivity contribution is 9.10. The number of benzene rings is 2. The zero-order chi connectivity index (χ0) is 16.9. The molecule has 0 heterocycles. The van der Waals surface area contributed by atoms with Crippen LogP contribution in [-0.4, -0.2) is 19.7 Å². The van der Waals surface area contributed by atoms with Gasteiger partial charge in [-0.05, 0) is 52.4 Å². The Labute approximate surface area is 149 Å². The minimum atomic E-state index is -0.414. The third-order valence-corrected chi connectivity index (χ3v) is 4.62. The van der Waals surface area contributed by atoms with Crippen molar-refractivity contribution in [3.63, 3.8) is 0 Å². The standard InChI is InChI=1S/C19H19BrO4/c1-22-19(21)15-9-16(23-11-13-5-3-2-4-6-13)18(20)17(10-15)24-12-14-7-8-14/h2-6,9-10,14H,7-8,11-12H2,1H3. The summed E-state index contributed by atoms with van der Waals surface area (Å²) >= 11 is 3.53. The van der Waals surface area contributed by atoms with Crippen LogP contribution < -0.4 is 9.47 Å². The van der Waals surface area contributed by atoms with Crippen LogP contribution in [0.4, 0.5) is 0 Å². The molecule has 0 bridgehead atoms. The zero-order valence-corrected chi connectivity index (χ0v) is 15.0. The highest BCUT2D eigenvalue weighted by atomic mass is 79.9. The highest BCUT2D eigenvalue weighted by Gasteiger charge is 2.23. The third-order valence-electron chi connectivity index (χ3n) is 3.84. The third kappa shape index (κ3) is 4.29. The predicted molar refractivity (Wildman–Crippen MR) is 94.5 cm³/mol. The first-order chi connectivity index (χ1) is 11.7. The lowest BCUT2D eigenvalue weighted by molar-refractivity contribution is 0.0599. The second-order valence-electron chi connectivity index (χ2n) is 5.81. The van der Waals surface area contributed by atoms with Gasteiger partial charge in [-0.1, -0.05) is 30.3 Å². The molecular formula is C19H19BrO4. The van der Waals surface area contributed by atoms with Gasteiger partial charge in [-0.2, -0.15) is 0 Å². The van der Waals surface area contributed by atoms with E-state index in [4.69, 9.17) is 14.2 Å². The number of methoxy groups -OCH3 is 1. The number of hydrogen-bond acceptors (Lipinski definition) is 4. The molecule has 0 atom stereocenters. The zero-order valence-electron chi connectivity index (χ0n) is 13.5. The van der Waals surface area contributed by atoms with E-state index in [9.17, 15) is 4.79 Å². The van der Waals surface area contributed by atoms with Crippen molar-refractivity contribution in [1.29, 1.82) is 0 Å². The normalized spacial score (nSPS) is 13.4. The average Bonchev–Trinajstić information content (AvgIpc) is 3.44. The molecule has 24 heavy (non-hydrogen) atoms. The smallest absolute Gasteiger partial charge is 0.338 e. The minimum absolute atomic E-state index is 0.409. The summed E-state index contributed by atoms with van der Waals surface area (Å²) in [4.78, 5) is 11.9. The lowest BCUT2D eigenvalue weighted by atomic mass is 10.2. The molecule has 0 unspecified atom stereocenters. The molecule has 0 amide bonds. The molecule has 0 aliphatic heterocycles. The van der Waals surface area contributed by atoms with Gasteiger partial charge in [0, 0.05) is 0 Å². The molecule has 0 saturated heterocycles. The molecule has 3 rings (SSSR count). The number of rotatable bonds is 7. The Morgan fingerprint density at radius 1 is 1.12 bits per heavy atom. The van der Waals surface area contributed by atoms with Gasteiger partial charge in [0.2, 0.25) is 0 Å². The van der Waals surface area contributed by atoms with Crippen LogP contribution in [0.25, 0.3) is 0 Å². The molecule has 2 aromatic carbocycles. The first-order valence-corrected chi connectivity index (χ1v) is 8.68. The maximum atomic E-state index is 11.9. The van der Waals surface area contributed by atoms with Crippen LogP contribution in [0.5, 0.6) is 11.5 Å². The molecule has 0 radical (unpaired) electrons. The summed E-state index contributed by atoms with van der Waals surface area (Å²) in [5.41, 5.74) is 1.46. The fraction of sp³-hybridized carbons (Fsp3) is 0.316. The first kappa shape index (κ1) is 16.8. The summed E-state index contributed by atoms with van der Waals surface area (Å²) in [6.45, 7) is 1.06. The Balaban J connectivity index is 1.81. The van der Waals surface area contributed by atoms with Gasteiger partial charge in [0.05, 0.1) is 19.3 Å². The summed E-state index contributed by atoms with van der Waals surface area (Å²) in [6.07, 6.45) is 2.40. The second kappa shape index (κ2) is 7.71. The van der Waals surface area contributed by atoms with Crippen LogP contribution in [-0.2, 0) is 11.3 Å². The summed E-state index contributed by atoms with van der Waals surface area (Å²) in [5, 5.41) is 0. The van der Waals surface area contributed by atoms with E-state index < -0.39 is 5.97 Å². The highest BCUT2D eigenvalue weighted by Crippen LogP contribution is 2.38. The van der Waals surface area contributed by atoms with Gasteiger partial charge in [-0.3, -0.25) is 0 Å². The SMILES string of the molecule is COC(=O)c1cc(OCc2ccccc2)c(Br)c(OCC2CC2)c1. The van der Waals surface area contributed by atoms with Gasteiger partial charge in [-0.25, -0.2) is 4.79 Å². The van der Waals surface area contributed by atoms with Gasteiger partial charge >= 0.3 is 5.97 Å². The Kier molecular flexibility index (Phi) is 5.41. The number of esters is 1. The largest absolute Gasteiger partial charge is 0.492 e. The summed E-state index contributed by atoms with van der Waals surface area (Å²) in [7, 11) is 1.36. The van der Waals surface area contributed by atoms with Crippen LogP contribution >= 0.6 is 15.9 Å². The van der Waals surface area contributed by atoms with E-state index in [1.54, 1.807) is 12.1 Å². The molecule has 0 N–H and O–H groups in total. The number of carbonyl (C=O) groups excluding carboxylic acids is 1. The van der Waals surface area contributed by atoms with Crippen molar-refractivity contribution in [2.75, 3.05) is 13.7 Å². The molecule has 2 aromatic rings. The molecule has 4 nitrogen and oxygen atoms in total. The lowest BCUT2D eigenvalue weighted by Gasteiger charge is -2.14. The van der Waals surface area contributed by atoms with E-state index in [-0.39, 0.29) is 0 Å². The molecule has 1 aliphatic carbocycles. The molecule has 1 saturated carbocycles. The van der Waals surface area contributed by atoms with Crippen molar-refractivity contribution < 1.29 is 19.0 Å². The van der Waals surface area contributed by atoms with Crippen LogP contribution in [0.2, 0.25) is 0 Å². The topological polar surface area (TPSA) is 44.8 Å². The van der Waals surface area contributed by atoms with Crippen LogP contribution in [0.15, 0.2) is 46.9 Å². The molecule has 0 spiro atoms. The van der Waals surface area contributed by atoms with Crippen molar-refractivity contribution in [1.82, 2.24) is 0 Å². The number of hydrogen-bond donors (Lipinski definition) is 0. The van der Waals surface area contributed by atoms with Crippen LogP contribution in [0.3, 0.4) is 0 Å². The van der Waals surface area contributed by atoms with E-state index in [0.29, 0.717) is 40.7 Å². The fourth-order valence-corrected chi connectivity index (χ4v) is 2.70. The number of carbonyl (C=O) groups is 1. The van der Waals surface area contributed by atoms with Gasteiger partial charge in [0.25, 0.3) is 0 Å². The van der Waals surface area contributed by atoms with Crippen LogP contribution in [0.1, 0.15) is 28.8 Å². The van der Waals surface area contributed by atoms with Gasteiger partial charge in [-0.15, -0.1) is 0 Å². The van der Waals surface area contributed by atoms with Crippen molar-refractivity contribution in [2.24, 2.45) is 5.92 Å². The monoisotopic (exact) mass is 390 g/mol. The molecule has 0 aromatic heterocycles. The molecular weight excluding hydrogens is 372 g/mol. The maximum Gasteiger partial charge on any atom is 0.338 e. The van der Waals surface area contributed by atoms with Gasteiger partial charge in [0.1, 0.15) is 22.6 Å². The van der Waals surface area contributed by atoms with E-state index in [1.165, 1.54) is 20.0 Å².